The van der Waals surface area contributed by atoms with Crippen LogP contribution in [-0.4, -0.2) is 23.0 Å². The summed E-state index contributed by atoms with van der Waals surface area (Å²) in [6.45, 7) is 2.12. The summed E-state index contributed by atoms with van der Waals surface area (Å²) >= 11 is 0. The summed E-state index contributed by atoms with van der Waals surface area (Å²) in [5.74, 6) is 0.260. The highest BCUT2D eigenvalue weighted by atomic mass is 16.6. The number of hydrogen-bond acceptors (Lipinski definition) is 5. The van der Waals surface area contributed by atoms with Crippen LogP contribution in [0.4, 0.5) is 11.4 Å². The zero-order valence-corrected chi connectivity index (χ0v) is 11.6. The lowest BCUT2D eigenvalue weighted by Gasteiger charge is -2.19. The van der Waals surface area contributed by atoms with E-state index in [2.05, 4.69) is 0 Å². The van der Waals surface area contributed by atoms with Gasteiger partial charge in [0.05, 0.1) is 22.7 Å². The molecular formula is C14H14N2O5. The number of hydrogen-bond donors (Lipinski definition) is 1. The Balaban J connectivity index is 2.37. The third kappa shape index (κ3) is 3.19. The molecule has 1 aromatic carbocycles. The second kappa shape index (κ2) is 5.66. The standard InChI is InChI=1S/C14H14N2O5/c1-9-3-5-11(21-9)8-15(2)13-7-10(16(19)20)4-6-12(13)14(17)18/h3-7H,8H2,1-2H3,(H,17,18). The normalized spacial score (nSPS) is 10.4. The lowest BCUT2D eigenvalue weighted by Crippen LogP contribution is -2.19. The van der Waals surface area contributed by atoms with Crippen LogP contribution < -0.4 is 4.90 Å². The van der Waals surface area contributed by atoms with Gasteiger partial charge in [-0.1, -0.05) is 0 Å². The number of aromatic carboxylic acids is 1. The van der Waals surface area contributed by atoms with E-state index in [1.54, 1.807) is 31.0 Å². The number of anilines is 1. The summed E-state index contributed by atoms with van der Waals surface area (Å²) in [6.07, 6.45) is 0. The molecule has 21 heavy (non-hydrogen) atoms. The van der Waals surface area contributed by atoms with Crippen LogP contribution in [0.3, 0.4) is 0 Å². The molecule has 0 saturated heterocycles. The van der Waals surface area contributed by atoms with Gasteiger partial charge in [0.1, 0.15) is 11.5 Å². The first-order chi connectivity index (χ1) is 9.88. The van der Waals surface area contributed by atoms with Crippen LogP contribution in [0.25, 0.3) is 0 Å². The number of carboxylic acids is 1. The molecule has 7 nitrogen and oxygen atoms in total. The molecule has 1 N–H and O–H groups in total. The van der Waals surface area contributed by atoms with E-state index in [1.807, 2.05) is 0 Å². The van der Waals surface area contributed by atoms with Crippen molar-refractivity contribution in [2.45, 2.75) is 13.5 Å². The van der Waals surface area contributed by atoms with Crippen molar-refractivity contribution < 1.29 is 19.2 Å². The highest BCUT2D eigenvalue weighted by Gasteiger charge is 2.19. The molecule has 0 saturated carbocycles. The van der Waals surface area contributed by atoms with Crippen molar-refractivity contribution in [3.05, 3.63) is 57.5 Å². The maximum atomic E-state index is 11.2. The van der Waals surface area contributed by atoms with Gasteiger partial charge >= 0.3 is 5.97 Å². The van der Waals surface area contributed by atoms with E-state index >= 15 is 0 Å². The van der Waals surface area contributed by atoms with Crippen molar-refractivity contribution >= 4 is 17.3 Å². The number of furan rings is 1. The topological polar surface area (TPSA) is 96.8 Å². The molecule has 0 aliphatic heterocycles. The van der Waals surface area contributed by atoms with Gasteiger partial charge in [-0.3, -0.25) is 10.1 Å². The quantitative estimate of drug-likeness (QED) is 0.671. The number of non-ortho nitro benzene ring substituents is 1. The second-order valence-corrected chi connectivity index (χ2v) is 4.63. The molecule has 0 spiro atoms. The van der Waals surface area contributed by atoms with Gasteiger partial charge in [0.2, 0.25) is 0 Å². The Morgan fingerprint density at radius 2 is 2.10 bits per heavy atom. The van der Waals surface area contributed by atoms with E-state index < -0.39 is 10.9 Å². The molecule has 2 rings (SSSR count). The van der Waals surface area contributed by atoms with Gasteiger partial charge in [-0.2, -0.15) is 0 Å². The molecule has 0 unspecified atom stereocenters. The molecule has 1 aromatic heterocycles. The molecule has 110 valence electrons. The van der Waals surface area contributed by atoms with Crippen LogP contribution in [0.1, 0.15) is 21.9 Å². The molecule has 1 heterocycles. The number of nitro groups is 1. The SMILES string of the molecule is Cc1ccc(CN(C)c2cc([N+](=O)[O-])ccc2C(=O)O)o1. The van der Waals surface area contributed by atoms with E-state index in [-0.39, 0.29) is 16.9 Å². The summed E-state index contributed by atoms with van der Waals surface area (Å²) < 4.78 is 5.43. The van der Waals surface area contributed by atoms with Crippen molar-refractivity contribution in [2.24, 2.45) is 0 Å². The summed E-state index contributed by atoms with van der Waals surface area (Å²) in [4.78, 5) is 23.1. The number of nitro benzene ring substituents is 1. The fourth-order valence-electron chi connectivity index (χ4n) is 2.02. The largest absolute Gasteiger partial charge is 0.478 e. The van der Waals surface area contributed by atoms with Crippen molar-refractivity contribution in [3.63, 3.8) is 0 Å². The Labute approximate surface area is 120 Å². The van der Waals surface area contributed by atoms with E-state index in [0.717, 1.165) is 5.76 Å². The number of carbonyl (C=O) groups is 1. The summed E-state index contributed by atoms with van der Waals surface area (Å²) in [5, 5.41) is 20.0. The third-order valence-corrected chi connectivity index (χ3v) is 3.02. The average Bonchev–Trinajstić information content (AvgIpc) is 2.83. The molecule has 0 bridgehead atoms. The molecule has 0 fully saturated rings. The first-order valence-electron chi connectivity index (χ1n) is 6.16. The predicted molar refractivity (Wildman–Crippen MR) is 75.6 cm³/mol. The van der Waals surface area contributed by atoms with Crippen molar-refractivity contribution in [1.82, 2.24) is 0 Å². The Hall–Kier alpha value is -2.83. The van der Waals surface area contributed by atoms with Crippen LogP contribution in [0.15, 0.2) is 34.7 Å². The van der Waals surface area contributed by atoms with Gasteiger partial charge < -0.3 is 14.4 Å². The van der Waals surface area contributed by atoms with Crippen LogP contribution in [0.2, 0.25) is 0 Å². The fourth-order valence-corrected chi connectivity index (χ4v) is 2.02. The Bertz CT molecular complexity index is 692. The lowest BCUT2D eigenvalue weighted by atomic mass is 10.1. The van der Waals surface area contributed by atoms with Crippen molar-refractivity contribution in [3.8, 4) is 0 Å². The first kappa shape index (κ1) is 14.6. The van der Waals surface area contributed by atoms with Crippen LogP contribution in [0.5, 0.6) is 0 Å². The highest BCUT2D eigenvalue weighted by molar-refractivity contribution is 5.95. The molecule has 0 atom stereocenters. The molecule has 0 amide bonds. The fraction of sp³-hybridized carbons (Fsp3) is 0.214. The second-order valence-electron chi connectivity index (χ2n) is 4.63. The predicted octanol–water partition coefficient (Wildman–Crippen LogP) is 2.83. The number of aryl methyl sites for hydroxylation is 1. The zero-order chi connectivity index (χ0) is 15.6. The number of carboxylic acid groups (broad SMARTS) is 1. The molecular weight excluding hydrogens is 276 g/mol. The number of nitrogens with zero attached hydrogens (tertiary/aromatic N) is 2. The van der Waals surface area contributed by atoms with Crippen LogP contribution in [-0.2, 0) is 6.54 Å². The van der Waals surface area contributed by atoms with Gasteiger partial charge in [0, 0.05) is 19.2 Å². The van der Waals surface area contributed by atoms with Crippen molar-refractivity contribution in [2.75, 3.05) is 11.9 Å². The van der Waals surface area contributed by atoms with Crippen molar-refractivity contribution in [1.29, 1.82) is 0 Å². The van der Waals surface area contributed by atoms with Crippen LogP contribution >= 0.6 is 0 Å². The third-order valence-electron chi connectivity index (χ3n) is 3.02. The van der Waals surface area contributed by atoms with E-state index in [9.17, 15) is 20.0 Å². The van der Waals surface area contributed by atoms with E-state index in [0.29, 0.717) is 12.3 Å². The smallest absolute Gasteiger partial charge is 0.337 e. The molecule has 0 aliphatic rings. The van der Waals surface area contributed by atoms with Gasteiger partial charge in [0.15, 0.2) is 0 Å². The maximum absolute atomic E-state index is 11.2. The van der Waals surface area contributed by atoms with Gasteiger partial charge in [-0.25, -0.2) is 4.79 Å². The zero-order valence-electron chi connectivity index (χ0n) is 11.6. The highest BCUT2D eigenvalue weighted by Crippen LogP contribution is 2.27. The molecule has 2 aromatic rings. The van der Waals surface area contributed by atoms with E-state index in [4.69, 9.17) is 4.42 Å². The first-order valence-corrected chi connectivity index (χ1v) is 6.16. The Morgan fingerprint density at radius 3 is 2.62 bits per heavy atom. The minimum absolute atomic E-state index is 0.00591. The Kier molecular flexibility index (Phi) is 3.93. The lowest BCUT2D eigenvalue weighted by molar-refractivity contribution is -0.384. The summed E-state index contributed by atoms with van der Waals surface area (Å²) in [7, 11) is 1.66. The molecule has 0 aliphatic carbocycles. The molecule has 0 radical (unpaired) electrons. The minimum atomic E-state index is -1.14. The maximum Gasteiger partial charge on any atom is 0.337 e. The van der Waals surface area contributed by atoms with Gasteiger partial charge in [-0.15, -0.1) is 0 Å². The summed E-state index contributed by atoms with van der Waals surface area (Å²) in [5.41, 5.74) is 0.120. The van der Waals surface area contributed by atoms with E-state index in [1.165, 1.54) is 18.2 Å². The Morgan fingerprint density at radius 1 is 1.38 bits per heavy atom. The number of benzene rings is 1. The van der Waals surface area contributed by atoms with Gasteiger partial charge in [-0.05, 0) is 25.1 Å². The minimum Gasteiger partial charge on any atom is -0.478 e. The monoisotopic (exact) mass is 290 g/mol. The number of rotatable bonds is 5. The van der Waals surface area contributed by atoms with Crippen LogP contribution in [0, 0.1) is 17.0 Å². The average molecular weight is 290 g/mol. The summed E-state index contributed by atoms with van der Waals surface area (Å²) in [6, 6.07) is 7.25. The molecule has 7 heteroatoms. The van der Waals surface area contributed by atoms with Gasteiger partial charge in [0.25, 0.3) is 5.69 Å².